The smallest absolute Gasteiger partial charge is 0.254 e. The average Bonchev–Trinajstić information content (AvgIpc) is 2.69. The number of likely N-dealkylation sites (tertiary alicyclic amines) is 1. The van der Waals surface area contributed by atoms with E-state index in [1.807, 2.05) is 61.2 Å². The number of aryl methyl sites for hydroxylation is 2. The Morgan fingerprint density at radius 3 is 2.67 bits per heavy atom. The minimum Gasteiger partial charge on any atom is -0.367 e. The number of carbonyl (C=O) groups is 1. The third kappa shape index (κ3) is 3.63. The molecule has 2 aromatic heterocycles. The van der Waals surface area contributed by atoms with Crippen molar-refractivity contribution in [2.24, 2.45) is 0 Å². The monoisotopic (exact) mass is 360 g/mol. The lowest BCUT2D eigenvalue weighted by Crippen LogP contribution is -2.42. The molecule has 1 aromatic carbocycles. The van der Waals surface area contributed by atoms with Gasteiger partial charge in [-0.25, -0.2) is 4.98 Å². The first-order valence-corrected chi connectivity index (χ1v) is 9.45. The van der Waals surface area contributed by atoms with E-state index in [0.717, 1.165) is 59.5 Å². The minimum absolute atomic E-state index is 0.104. The highest BCUT2D eigenvalue weighted by molar-refractivity contribution is 6.06. The van der Waals surface area contributed by atoms with E-state index < -0.39 is 0 Å². The number of hydrogen-bond acceptors (Lipinski definition) is 4. The second kappa shape index (κ2) is 7.35. The first kappa shape index (κ1) is 17.5. The number of fused-ring (bicyclic) bond motifs is 1. The number of hydrogen-bond donors (Lipinski definition) is 1. The Kier molecular flexibility index (Phi) is 4.75. The molecule has 1 fully saturated rings. The lowest BCUT2D eigenvalue weighted by molar-refractivity contribution is 0.0720. The highest BCUT2D eigenvalue weighted by Crippen LogP contribution is 2.24. The number of para-hydroxylation sites is 1. The van der Waals surface area contributed by atoms with E-state index in [1.165, 1.54) is 0 Å². The average molecular weight is 360 g/mol. The van der Waals surface area contributed by atoms with Crippen molar-refractivity contribution in [3.05, 3.63) is 65.5 Å². The van der Waals surface area contributed by atoms with E-state index in [9.17, 15) is 4.79 Å². The first-order valence-electron chi connectivity index (χ1n) is 9.45. The van der Waals surface area contributed by atoms with Gasteiger partial charge in [0.05, 0.1) is 11.1 Å². The van der Waals surface area contributed by atoms with Crippen LogP contribution in [-0.2, 0) is 0 Å². The van der Waals surface area contributed by atoms with Crippen molar-refractivity contribution in [1.82, 2.24) is 14.9 Å². The number of pyridine rings is 2. The predicted octanol–water partition coefficient (Wildman–Crippen LogP) is 3.96. The summed E-state index contributed by atoms with van der Waals surface area (Å²) in [6.45, 7) is 5.49. The largest absolute Gasteiger partial charge is 0.367 e. The molecule has 27 heavy (non-hydrogen) atoms. The molecule has 5 heteroatoms. The van der Waals surface area contributed by atoms with Crippen LogP contribution >= 0.6 is 0 Å². The minimum atomic E-state index is 0.104. The standard InChI is InChI=1S/C22H24N4O/c1-15-6-5-7-18-19(14-16(2)24-21(15)18)22(27)26-12-9-17(10-13-26)25-20-8-3-4-11-23-20/h3-8,11,14,17H,9-10,12-13H2,1-2H3,(H,23,25). The van der Waals surface area contributed by atoms with E-state index >= 15 is 0 Å². The molecule has 0 bridgehead atoms. The van der Waals surface area contributed by atoms with Crippen LogP contribution in [0.4, 0.5) is 5.82 Å². The van der Waals surface area contributed by atoms with Crippen molar-refractivity contribution >= 4 is 22.6 Å². The zero-order valence-electron chi connectivity index (χ0n) is 15.8. The molecule has 3 heterocycles. The lowest BCUT2D eigenvalue weighted by atomic mass is 10.0. The van der Waals surface area contributed by atoms with E-state index in [2.05, 4.69) is 15.3 Å². The van der Waals surface area contributed by atoms with Crippen LogP contribution < -0.4 is 5.32 Å². The molecule has 0 radical (unpaired) electrons. The number of amides is 1. The maximum absolute atomic E-state index is 13.2. The van der Waals surface area contributed by atoms with E-state index in [0.29, 0.717) is 6.04 Å². The maximum atomic E-state index is 13.2. The molecule has 0 unspecified atom stereocenters. The Labute approximate surface area is 159 Å². The van der Waals surface area contributed by atoms with Crippen LogP contribution in [0.3, 0.4) is 0 Å². The lowest BCUT2D eigenvalue weighted by Gasteiger charge is -2.33. The third-order valence-electron chi connectivity index (χ3n) is 5.20. The van der Waals surface area contributed by atoms with Crippen molar-refractivity contribution in [3.8, 4) is 0 Å². The molecule has 138 valence electrons. The van der Waals surface area contributed by atoms with Gasteiger partial charge in [0.15, 0.2) is 0 Å². The van der Waals surface area contributed by atoms with Crippen LogP contribution in [0.5, 0.6) is 0 Å². The van der Waals surface area contributed by atoms with Gasteiger partial charge in [-0.2, -0.15) is 0 Å². The third-order valence-corrected chi connectivity index (χ3v) is 5.20. The number of nitrogens with one attached hydrogen (secondary N) is 1. The van der Waals surface area contributed by atoms with Crippen LogP contribution in [-0.4, -0.2) is 39.9 Å². The molecule has 1 N–H and O–H groups in total. The van der Waals surface area contributed by atoms with Crippen LogP contribution in [0.2, 0.25) is 0 Å². The highest BCUT2D eigenvalue weighted by Gasteiger charge is 2.25. The van der Waals surface area contributed by atoms with Gasteiger partial charge in [0.25, 0.3) is 5.91 Å². The number of rotatable bonds is 3. The number of aromatic nitrogens is 2. The van der Waals surface area contributed by atoms with Gasteiger partial charge >= 0.3 is 0 Å². The van der Waals surface area contributed by atoms with Gasteiger partial charge in [-0.05, 0) is 50.5 Å². The molecule has 0 saturated carbocycles. The second-order valence-corrected chi connectivity index (χ2v) is 7.21. The summed E-state index contributed by atoms with van der Waals surface area (Å²) in [6, 6.07) is 14.2. The summed E-state index contributed by atoms with van der Waals surface area (Å²) in [6.07, 6.45) is 3.63. The van der Waals surface area contributed by atoms with Crippen LogP contribution in [0, 0.1) is 13.8 Å². The van der Waals surface area contributed by atoms with Crippen molar-refractivity contribution in [2.75, 3.05) is 18.4 Å². The summed E-state index contributed by atoms with van der Waals surface area (Å²) in [5, 5.41) is 4.41. The summed E-state index contributed by atoms with van der Waals surface area (Å²) in [7, 11) is 0. The van der Waals surface area contributed by atoms with Crippen LogP contribution in [0.15, 0.2) is 48.7 Å². The van der Waals surface area contributed by atoms with Gasteiger partial charge in [-0.1, -0.05) is 24.3 Å². The van der Waals surface area contributed by atoms with Crippen molar-refractivity contribution in [1.29, 1.82) is 0 Å². The SMILES string of the molecule is Cc1cc(C(=O)N2CCC(Nc3ccccn3)CC2)c2cccc(C)c2n1. The van der Waals surface area contributed by atoms with Gasteiger partial charge in [0.2, 0.25) is 0 Å². The van der Waals surface area contributed by atoms with Crippen molar-refractivity contribution < 1.29 is 4.79 Å². The van der Waals surface area contributed by atoms with E-state index in [1.54, 1.807) is 6.20 Å². The molecule has 0 spiro atoms. The fraction of sp³-hybridized carbons (Fsp3) is 0.318. The quantitative estimate of drug-likeness (QED) is 0.768. The van der Waals surface area contributed by atoms with E-state index in [-0.39, 0.29) is 5.91 Å². The van der Waals surface area contributed by atoms with Crippen LogP contribution in [0.25, 0.3) is 10.9 Å². The van der Waals surface area contributed by atoms with Gasteiger partial charge in [-0.15, -0.1) is 0 Å². The molecule has 1 saturated heterocycles. The fourth-order valence-electron chi connectivity index (χ4n) is 3.75. The number of benzene rings is 1. The Balaban J connectivity index is 1.50. The molecular formula is C22H24N4O. The molecule has 0 atom stereocenters. The summed E-state index contributed by atoms with van der Waals surface area (Å²) in [5.41, 5.74) is 3.67. The number of anilines is 1. The maximum Gasteiger partial charge on any atom is 0.254 e. The van der Waals surface area contributed by atoms with Gasteiger partial charge in [0.1, 0.15) is 5.82 Å². The summed E-state index contributed by atoms with van der Waals surface area (Å²) < 4.78 is 0. The predicted molar refractivity (Wildman–Crippen MR) is 108 cm³/mol. The molecular weight excluding hydrogens is 336 g/mol. The highest BCUT2D eigenvalue weighted by atomic mass is 16.2. The first-order chi connectivity index (χ1) is 13.1. The van der Waals surface area contributed by atoms with Gasteiger partial charge in [0, 0.05) is 36.4 Å². The molecule has 0 aliphatic carbocycles. The Bertz CT molecular complexity index is 963. The number of carbonyl (C=O) groups excluding carboxylic acids is 1. The summed E-state index contributed by atoms with van der Waals surface area (Å²) in [5.74, 6) is 1.00. The van der Waals surface area contributed by atoms with Gasteiger partial charge < -0.3 is 10.2 Å². The van der Waals surface area contributed by atoms with Crippen molar-refractivity contribution in [2.45, 2.75) is 32.7 Å². The number of piperidine rings is 1. The Morgan fingerprint density at radius 1 is 1.11 bits per heavy atom. The normalized spacial score (nSPS) is 15.1. The van der Waals surface area contributed by atoms with Gasteiger partial charge in [-0.3, -0.25) is 9.78 Å². The Morgan fingerprint density at radius 2 is 1.93 bits per heavy atom. The number of nitrogens with zero attached hydrogens (tertiary/aromatic N) is 3. The topological polar surface area (TPSA) is 58.1 Å². The second-order valence-electron chi connectivity index (χ2n) is 7.21. The molecule has 1 amide bonds. The zero-order chi connectivity index (χ0) is 18.8. The molecule has 4 rings (SSSR count). The fourth-order valence-corrected chi connectivity index (χ4v) is 3.75. The molecule has 1 aliphatic heterocycles. The van der Waals surface area contributed by atoms with E-state index in [4.69, 9.17) is 0 Å². The molecule has 5 nitrogen and oxygen atoms in total. The zero-order valence-corrected chi connectivity index (χ0v) is 15.8. The summed E-state index contributed by atoms with van der Waals surface area (Å²) >= 11 is 0. The van der Waals surface area contributed by atoms with Crippen molar-refractivity contribution in [3.63, 3.8) is 0 Å². The summed E-state index contributed by atoms with van der Waals surface area (Å²) in [4.78, 5) is 24.1. The molecule has 3 aromatic rings. The Hall–Kier alpha value is -2.95. The molecule has 1 aliphatic rings. The van der Waals surface area contributed by atoms with Crippen LogP contribution in [0.1, 0.15) is 34.5 Å².